The van der Waals surface area contributed by atoms with E-state index in [-0.39, 0.29) is 23.2 Å². The highest BCUT2D eigenvalue weighted by Gasteiger charge is 2.27. The number of halogens is 2. The smallest absolute Gasteiger partial charge is 0.231 e. The molecule has 1 aliphatic heterocycles. The summed E-state index contributed by atoms with van der Waals surface area (Å²) in [6.45, 7) is 2.72. The van der Waals surface area contributed by atoms with Crippen molar-refractivity contribution in [3.05, 3.63) is 52.8 Å². The summed E-state index contributed by atoms with van der Waals surface area (Å²) in [6.07, 6.45) is 0.504. The Hall–Kier alpha value is -2.27. The van der Waals surface area contributed by atoms with E-state index in [1.54, 1.807) is 6.07 Å². The van der Waals surface area contributed by atoms with E-state index in [1.165, 1.54) is 12.1 Å². The average Bonchev–Trinajstić information content (AvgIpc) is 2.58. The van der Waals surface area contributed by atoms with Crippen molar-refractivity contribution in [2.75, 3.05) is 18.5 Å². The van der Waals surface area contributed by atoms with E-state index in [2.05, 4.69) is 5.32 Å². The van der Waals surface area contributed by atoms with Crippen LogP contribution in [0.15, 0.2) is 36.4 Å². The second kappa shape index (κ2) is 7.09. The largest absolute Gasteiger partial charge is 0.494 e. The monoisotopic (exact) mass is 349 g/mol. The Bertz CT molecular complexity index is 766. The molecule has 0 fully saturated rings. The van der Waals surface area contributed by atoms with Crippen LogP contribution >= 0.6 is 11.6 Å². The molecule has 24 heavy (non-hydrogen) atoms. The van der Waals surface area contributed by atoms with E-state index in [4.69, 9.17) is 21.1 Å². The fraction of sp³-hybridized carbons (Fsp3) is 0.278. The molecule has 1 amide bonds. The molecule has 1 atom stereocenters. The lowest BCUT2D eigenvalue weighted by atomic mass is 9.95. The molecule has 3 rings (SSSR count). The third-order valence-corrected chi connectivity index (χ3v) is 4.12. The van der Waals surface area contributed by atoms with E-state index in [9.17, 15) is 9.18 Å². The van der Waals surface area contributed by atoms with Crippen molar-refractivity contribution in [1.82, 2.24) is 0 Å². The van der Waals surface area contributed by atoms with Crippen molar-refractivity contribution < 1.29 is 18.7 Å². The Morgan fingerprint density at radius 1 is 1.42 bits per heavy atom. The fourth-order valence-electron chi connectivity index (χ4n) is 2.63. The van der Waals surface area contributed by atoms with Crippen LogP contribution in [-0.2, 0) is 11.2 Å². The molecule has 1 N–H and O–H groups in total. The minimum absolute atomic E-state index is 0.0283. The molecule has 0 saturated carbocycles. The third kappa shape index (κ3) is 3.46. The predicted octanol–water partition coefficient (Wildman–Crippen LogP) is 4.07. The van der Waals surface area contributed by atoms with Gasteiger partial charge in [-0.3, -0.25) is 4.79 Å². The summed E-state index contributed by atoms with van der Waals surface area (Å²) in [6, 6.07) is 10.0. The third-order valence-electron chi connectivity index (χ3n) is 3.83. The molecule has 1 unspecified atom stereocenters. The normalized spacial score (nSPS) is 16.0. The van der Waals surface area contributed by atoms with Gasteiger partial charge in [0, 0.05) is 0 Å². The average molecular weight is 350 g/mol. The maximum atomic E-state index is 13.9. The summed E-state index contributed by atoms with van der Waals surface area (Å²) in [5, 5.41) is 2.55. The van der Waals surface area contributed by atoms with Gasteiger partial charge in [0.25, 0.3) is 0 Å². The van der Waals surface area contributed by atoms with Crippen LogP contribution in [0.25, 0.3) is 0 Å². The van der Waals surface area contributed by atoms with Crippen LogP contribution in [0.4, 0.5) is 10.1 Å². The Morgan fingerprint density at radius 2 is 2.25 bits per heavy atom. The van der Waals surface area contributed by atoms with E-state index in [1.807, 2.05) is 25.1 Å². The summed E-state index contributed by atoms with van der Waals surface area (Å²) in [5.41, 5.74) is 0.972. The highest BCUT2D eigenvalue weighted by molar-refractivity contribution is 6.31. The second-order valence-corrected chi connectivity index (χ2v) is 5.91. The van der Waals surface area contributed by atoms with Crippen LogP contribution in [0.3, 0.4) is 0 Å². The lowest BCUT2D eigenvalue weighted by Crippen LogP contribution is -2.32. The molecule has 0 bridgehead atoms. The number of benzene rings is 2. The number of anilines is 1. The molecule has 1 aliphatic rings. The van der Waals surface area contributed by atoms with Gasteiger partial charge in [0.05, 0.1) is 23.2 Å². The topological polar surface area (TPSA) is 47.6 Å². The van der Waals surface area contributed by atoms with E-state index >= 15 is 0 Å². The number of hydrogen-bond acceptors (Lipinski definition) is 3. The molecule has 0 aliphatic carbocycles. The van der Waals surface area contributed by atoms with Crippen molar-refractivity contribution in [3.63, 3.8) is 0 Å². The Morgan fingerprint density at radius 3 is 3.04 bits per heavy atom. The zero-order chi connectivity index (χ0) is 17.1. The van der Waals surface area contributed by atoms with Crippen LogP contribution in [0, 0.1) is 11.7 Å². The van der Waals surface area contributed by atoms with Gasteiger partial charge in [-0.25, -0.2) is 4.39 Å². The number of hydrogen-bond donors (Lipinski definition) is 1. The van der Waals surface area contributed by atoms with Gasteiger partial charge in [-0.1, -0.05) is 17.7 Å². The number of carbonyl (C=O) groups excluding carboxylic acids is 1. The Balaban J connectivity index is 1.73. The first kappa shape index (κ1) is 16.6. The van der Waals surface area contributed by atoms with Crippen LogP contribution < -0.4 is 14.8 Å². The standard InChI is InChI=1S/C18H17ClFNO3/c1-2-23-13-6-7-16-11(9-13)8-12(10-24-16)18(22)21-15-5-3-4-14(19)17(15)20/h3-7,9,12H,2,8,10H2,1H3,(H,21,22). The van der Waals surface area contributed by atoms with E-state index in [0.717, 1.165) is 17.1 Å². The van der Waals surface area contributed by atoms with Gasteiger partial charge >= 0.3 is 0 Å². The minimum Gasteiger partial charge on any atom is -0.494 e. The van der Waals surface area contributed by atoms with Gasteiger partial charge < -0.3 is 14.8 Å². The number of carbonyl (C=O) groups is 1. The number of amides is 1. The molecule has 0 radical (unpaired) electrons. The molecular formula is C18H17ClFNO3. The zero-order valence-electron chi connectivity index (χ0n) is 13.1. The number of nitrogens with one attached hydrogen (secondary N) is 1. The molecule has 0 spiro atoms. The van der Waals surface area contributed by atoms with Gasteiger partial charge in [-0.05, 0) is 49.2 Å². The SMILES string of the molecule is CCOc1ccc2c(c1)CC(C(=O)Nc1cccc(Cl)c1F)CO2. The summed E-state index contributed by atoms with van der Waals surface area (Å²) in [5.74, 6) is 0.137. The summed E-state index contributed by atoms with van der Waals surface area (Å²) >= 11 is 5.73. The van der Waals surface area contributed by atoms with Crippen LogP contribution in [0.2, 0.25) is 5.02 Å². The van der Waals surface area contributed by atoms with Crippen molar-refractivity contribution in [2.45, 2.75) is 13.3 Å². The molecule has 6 heteroatoms. The predicted molar refractivity (Wildman–Crippen MR) is 90.3 cm³/mol. The fourth-order valence-corrected chi connectivity index (χ4v) is 2.81. The van der Waals surface area contributed by atoms with Gasteiger partial charge in [0.2, 0.25) is 5.91 Å². The van der Waals surface area contributed by atoms with Gasteiger partial charge in [0.1, 0.15) is 18.1 Å². The first-order chi connectivity index (χ1) is 11.6. The number of rotatable bonds is 4. The Kier molecular flexibility index (Phi) is 4.90. The quantitative estimate of drug-likeness (QED) is 0.905. The zero-order valence-corrected chi connectivity index (χ0v) is 13.9. The molecule has 2 aromatic carbocycles. The highest BCUT2D eigenvalue weighted by atomic mass is 35.5. The first-order valence-electron chi connectivity index (χ1n) is 7.72. The maximum Gasteiger partial charge on any atom is 0.231 e. The van der Waals surface area contributed by atoms with Crippen molar-refractivity contribution >= 4 is 23.2 Å². The van der Waals surface area contributed by atoms with Crippen LogP contribution in [0.5, 0.6) is 11.5 Å². The highest BCUT2D eigenvalue weighted by Crippen LogP contribution is 2.31. The lowest BCUT2D eigenvalue weighted by Gasteiger charge is -2.25. The van der Waals surface area contributed by atoms with E-state index < -0.39 is 11.7 Å². The second-order valence-electron chi connectivity index (χ2n) is 5.51. The maximum absolute atomic E-state index is 13.9. The minimum atomic E-state index is -0.636. The molecule has 0 aromatic heterocycles. The first-order valence-corrected chi connectivity index (χ1v) is 8.09. The molecular weight excluding hydrogens is 333 g/mol. The molecule has 2 aromatic rings. The van der Waals surface area contributed by atoms with Gasteiger partial charge in [0.15, 0.2) is 5.82 Å². The van der Waals surface area contributed by atoms with Gasteiger partial charge in [-0.15, -0.1) is 0 Å². The summed E-state index contributed by atoms with van der Waals surface area (Å²) in [4.78, 5) is 12.4. The van der Waals surface area contributed by atoms with Crippen LogP contribution in [0.1, 0.15) is 12.5 Å². The molecule has 126 valence electrons. The van der Waals surface area contributed by atoms with Crippen molar-refractivity contribution in [2.24, 2.45) is 5.92 Å². The number of fused-ring (bicyclic) bond motifs is 1. The Labute approximate surface area is 144 Å². The number of ether oxygens (including phenoxy) is 2. The summed E-state index contributed by atoms with van der Waals surface area (Å²) < 4.78 is 25.0. The summed E-state index contributed by atoms with van der Waals surface area (Å²) in [7, 11) is 0. The van der Waals surface area contributed by atoms with E-state index in [0.29, 0.717) is 13.0 Å². The van der Waals surface area contributed by atoms with Crippen LogP contribution in [-0.4, -0.2) is 19.1 Å². The van der Waals surface area contributed by atoms with Crippen molar-refractivity contribution in [1.29, 1.82) is 0 Å². The van der Waals surface area contributed by atoms with Crippen molar-refractivity contribution in [3.8, 4) is 11.5 Å². The lowest BCUT2D eigenvalue weighted by molar-refractivity contribution is -0.121. The molecule has 1 heterocycles. The molecule has 0 saturated heterocycles. The van der Waals surface area contributed by atoms with Gasteiger partial charge in [-0.2, -0.15) is 0 Å². The molecule has 4 nitrogen and oxygen atoms in total.